The third-order valence-electron chi connectivity index (χ3n) is 4.18. The number of ether oxygens (including phenoxy) is 1. The lowest BCUT2D eigenvalue weighted by Crippen LogP contribution is -2.37. The van der Waals surface area contributed by atoms with Gasteiger partial charge in [0.2, 0.25) is 0 Å². The lowest BCUT2D eigenvalue weighted by atomic mass is 10.2. The van der Waals surface area contributed by atoms with Crippen molar-refractivity contribution in [3.05, 3.63) is 47.5 Å². The van der Waals surface area contributed by atoms with E-state index >= 15 is 0 Å². The van der Waals surface area contributed by atoms with Gasteiger partial charge in [-0.25, -0.2) is 0 Å². The number of carbonyl (C=O) groups excluding carboxylic acids is 1. The van der Waals surface area contributed by atoms with E-state index in [1.165, 1.54) is 0 Å². The van der Waals surface area contributed by atoms with E-state index in [2.05, 4.69) is 22.1 Å². The first-order valence-corrected chi connectivity index (χ1v) is 8.61. The molecule has 2 aromatic heterocycles. The Bertz CT molecular complexity index is 650. The third kappa shape index (κ3) is 4.20. The van der Waals surface area contributed by atoms with Crippen molar-refractivity contribution in [2.75, 3.05) is 13.2 Å². The number of H-pyrrole nitrogens is 1. The average molecular weight is 328 g/mol. The molecule has 1 atom stereocenters. The summed E-state index contributed by atoms with van der Waals surface area (Å²) < 4.78 is 5.71. The van der Waals surface area contributed by atoms with Gasteiger partial charge in [0, 0.05) is 25.0 Å². The first kappa shape index (κ1) is 16.6. The molecule has 0 saturated carbocycles. The van der Waals surface area contributed by atoms with Crippen molar-refractivity contribution in [3.8, 4) is 0 Å². The highest BCUT2D eigenvalue weighted by Gasteiger charge is 2.25. The maximum absolute atomic E-state index is 12.9. The van der Waals surface area contributed by atoms with Gasteiger partial charge in [-0.15, -0.1) is 0 Å². The van der Waals surface area contributed by atoms with Crippen LogP contribution in [0.1, 0.15) is 48.1 Å². The lowest BCUT2D eigenvalue weighted by molar-refractivity contribution is 0.0500. The van der Waals surface area contributed by atoms with Crippen LogP contribution in [0.5, 0.6) is 0 Å². The molecule has 1 saturated heterocycles. The molecule has 6 nitrogen and oxygen atoms in total. The molecule has 0 aromatic carbocycles. The number of hydrogen-bond acceptors (Lipinski definition) is 4. The molecule has 0 radical (unpaired) electrons. The summed E-state index contributed by atoms with van der Waals surface area (Å²) in [6, 6.07) is 7.60. The van der Waals surface area contributed by atoms with Crippen molar-refractivity contribution >= 4 is 5.91 Å². The highest BCUT2D eigenvalue weighted by Crippen LogP contribution is 2.17. The van der Waals surface area contributed by atoms with Crippen molar-refractivity contribution < 1.29 is 9.53 Å². The SMILES string of the molecule is CCCc1cc(C(=O)N(Cc2ccccn2)CC2CCCO2)n[nH]1. The average Bonchev–Trinajstić information content (AvgIpc) is 3.27. The van der Waals surface area contributed by atoms with E-state index in [0.29, 0.717) is 18.8 Å². The van der Waals surface area contributed by atoms with Gasteiger partial charge >= 0.3 is 0 Å². The van der Waals surface area contributed by atoms with Crippen molar-refractivity contribution in [1.82, 2.24) is 20.1 Å². The van der Waals surface area contributed by atoms with Gasteiger partial charge in [0.1, 0.15) is 5.69 Å². The number of nitrogens with one attached hydrogen (secondary N) is 1. The molecule has 1 aliphatic heterocycles. The minimum atomic E-state index is -0.0743. The zero-order valence-electron chi connectivity index (χ0n) is 14.1. The molecule has 1 fully saturated rings. The van der Waals surface area contributed by atoms with Gasteiger partial charge in [-0.3, -0.25) is 14.9 Å². The van der Waals surface area contributed by atoms with Crippen LogP contribution in [0, 0.1) is 0 Å². The standard InChI is InChI=1S/C18H24N4O2/c1-2-6-14-11-17(21-20-14)18(23)22(13-16-8-5-10-24-16)12-15-7-3-4-9-19-15/h3-4,7,9,11,16H,2,5-6,8,10,12-13H2,1H3,(H,20,21). The fraction of sp³-hybridized carbons (Fsp3) is 0.500. The Morgan fingerprint density at radius 3 is 3.08 bits per heavy atom. The zero-order chi connectivity index (χ0) is 16.8. The fourth-order valence-electron chi connectivity index (χ4n) is 2.97. The smallest absolute Gasteiger partial charge is 0.274 e. The minimum Gasteiger partial charge on any atom is -0.376 e. The molecular weight excluding hydrogens is 304 g/mol. The number of nitrogens with zero attached hydrogens (tertiary/aromatic N) is 3. The summed E-state index contributed by atoms with van der Waals surface area (Å²) in [4.78, 5) is 19.1. The molecule has 24 heavy (non-hydrogen) atoms. The maximum Gasteiger partial charge on any atom is 0.274 e. The summed E-state index contributed by atoms with van der Waals surface area (Å²) in [5.74, 6) is -0.0743. The molecule has 128 valence electrons. The van der Waals surface area contributed by atoms with Crippen molar-refractivity contribution in [3.63, 3.8) is 0 Å². The molecule has 3 rings (SSSR count). The topological polar surface area (TPSA) is 71.1 Å². The molecule has 1 aliphatic rings. The number of rotatable bonds is 7. The number of aryl methyl sites for hydroxylation is 1. The second kappa shape index (κ2) is 8.06. The van der Waals surface area contributed by atoms with Gasteiger partial charge in [-0.05, 0) is 37.5 Å². The molecule has 3 heterocycles. The molecule has 1 amide bonds. The second-order valence-electron chi connectivity index (χ2n) is 6.17. The van der Waals surface area contributed by atoms with E-state index in [0.717, 1.165) is 43.7 Å². The number of pyridine rings is 1. The van der Waals surface area contributed by atoms with Gasteiger partial charge < -0.3 is 9.64 Å². The van der Waals surface area contributed by atoms with E-state index in [1.807, 2.05) is 24.3 Å². The van der Waals surface area contributed by atoms with E-state index < -0.39 is 0 Å². The van der Waals surface area contributed by atoms with Crippen molar-refractivity contribution in [2.45, 2.75) is 45.3 Å². The summed E-state index contributed by atoms with van der Waals surface area (Å²) in [6.45, 7) is 3.92. The Balaban J connectivity index is 1.75. The van der Waals surface area contributed by atoms with Gasteiger partial charge in [0.25, 0.3) is 5.91 Å². The van der Waals surface area contributed by atoms with Crippen LogP contribution in [0.4, 0.5) is 0 Å². The number of hydrogen-bond donors (Lipinski definition) is 1. The Kier molecular flexibility index (Phi) is 5.59. The van der Waals surface area contributed by atoms with Crippen LogP contribution < -0.4 is 0 Å². The van der Waals surface area contributed by atoms with Gasteiger partial charge in [0.05, 0.1) is 18.3 Å². The fourth-order valence-corrected chi connectivity index (χ4v) is 2.97. The molecular formula is C18H24N4O2. The molecule has 2 aromatic rings. The minimum absolute atomic E-state index is 0.0743. The molecule has 6 heteroatoms. The third-order valence-corrected chi connectivity index (χ3v) is 4.18. The molecule has 0 aliphatic carbocycles. The van der Waals surface area contributed by atoms with Gasteiger partial charge in [-0.1, -0.05) is 19.4 Å². The predicted octanol–water partition coefficient (Wildman–Crippen LogP) is 2.58. The Morgan fingerprint density at radius 2 is 2.38 bits per heavy atom. The highest BCUT2D eigenvalue weighted by atomic mass is 16.5. The Labute approximate surface area is 142 Å². The monoisotopic (exact) mass is 328 g/mol. The van der Waals surface area contributed by atoms with Crippen LogP contribution in [0.15, 0.2) is 30.5 Å². The van der Waals surface area contributed by atoms with Crippen LogP contribution >= 0.6 is 0 Å². The maximum atomic E-state index is 12.9. The van der Waals surface area contributed by atoms with E-state index in [9.17, 15) is 4.79 Å². The second-order valence-corrected chi connectivity index (χ2v) is 6.17. The summed E-state index contributed by atoms with van der Waals surface area (Å²) in [5.41, 5.74) is 2.33. The van der Waals surface area contributed by atoms with Gasteiger partial charge in [0.15, 0.2) is 0 Å². The summed E-state index contributed by atoms with van der Waals surface area (Å²) in [6.07, 6.45) is 5.81. The quantitative estimate of drug-likeness (QED) is 0.848. The van der Waals surface area contributed by atoms with Crippen LogP contribution in [0.3, 0.4) is 0 Å². The number of aromatic nitrogens is 3. The Morgan fingerprint density at radius 1 is 1.46 bits per heavy atom. The van der Waals surface area contributed by atoms with Crippen LogP contribution in [-0.4, -0.2) is 45.2 Å². The van der Waals surface area contributed by atoms with Crippen LogP contribution in [-0.2, 0) is 17.7 Å². The van der Waals surface area contributed by atoms with Crippen molar-refractivity contribution in [1.29, 1.82) is 0 Å². The molecule has 0 bridgehead atoms. The van der Waals surface area contributed by atoms with E-state index in [4.69, 9.17) is 4.74 Å². The summed E-state index contributed by atoms with van der Waals surface area (Å²) in [7, 11) is 0. The van der Waals surface area contributed by atoms with E-state index in [1.54, 1.807) is 11.1 Å². The summed E-state index contributed by atoms with van der Waals surface area (Å²) in [5, 5.41) is 7.15. The van der Waals surface area contributed by atoms with Crippen LogP contribution in [0.25, 0.3) is 0 Å². The first-order chi connectivity index (χ1) is 11.8. The molecule has 1 N–H and O–H groups in total. The Hall–Kier alpha value is -2.21. The lowest BCUT2D eigenvalue weighted by Gasteiger charge is -2.24. The van der Waals surface area contributed by atoms with E-state index in [-0.39, 0.29) is 12.0 Å². The number of aromatic amines is 1. The zero-order valence-corrected chi connectivity index (χ0v) is 14.1. The van der Waals surface area contributed by atoms with Crippen molar-refractivity contribution in [2.24, 2.45) is 0 Å². The predicted molar refractivity (Wildman–Crippen MR) is 90.5 cm³/mol. The molecule has 0 spiro atoms. The highest BCUT2D eigenvalue weighted by molar-refractivity contribution is 5.92. The van der Waals surface area contributed by atoms with Crippen LogP contribution in [0.2, 0.25) is 0 Å². The summed E-state index contributed by atoms with van der Waals surface area (Å²) >= 11 is 0. The first-order valence-electron chi connectivity index (χ1n) is 8.61. The number of carbonyl (C=O) groups is 1. The molecule has 1 unspecified atom stereocenters. The largest absolute Gasteiger partial charge is 0.376 e. The normalized spacial score (nSPS) is 17.1. The number of amides is 1. The van der Waals surface area contributed by atoms with Gasteiger partial charge in [-0.2, -0.15) is 5.10 Å².